The van der Waals surface area contributed by atoms with E-state index in [9.17, 15) is 4.79 Å². The summed E-state index contributed by atoms with van der Waals surface area (Å²) in [6.45, 7) is 9.81. The summed E-state index contributed by atoms with van der Waals surface area (Å²) < 4.78 is 1.68. The third kappa shape index (κ3) is 3.64. The van der Waals surface area contributed by atoms with Gasteiger partial charge in [0.15, 0.2) is 0 Å². The van der Waals surface area contributed by atoms with Crippen LogP contribution in [0.1, 0.15) is 36.7 Å². The minimum Gasteiger partial charge on any atom is -0.327 e. The van der Waals surface area contributed by atoms with Gasteiger partial charge in [-0.1, -0.05) is 29.9 Å². The number of hydrogen-bond acceptors (Lipinski definition) is 4. The van der Waals surface area contributed by atoms with Crippen LogP contribution in [0, 0.1) is 0 Å². The van der Waals surface area contributed by atoms with E-state index >= 15 is 0 Å². The first-order chi connectivity index (χ1) is 12.6. The zero-order valence-corrected chi connectivity index (χ0v) is 15.0. The second-order valence-electron chi connectivity index (χ2n) is 6.45. The smallest absolute Gasteiger partial charge is 0.273 e. The summed E-state index contributed by atoms with van der Waals surface area (Å²) in [5, 5.41) is 7.58. The van der Waals surface area contributed by atoms with Crippen molar-refractivity contribution < 1.29 is 4.79 Å². The van der Waals surface area contributed by atoms with Crippen LogP contribution in [0.2, 0.25) is 0 Å². The highest BCUT2D eigenvalue weighted by molar-refractivity contribution is 5.93. The molecule has 0 unspecified atom stereocenters. The highest BCUT2D eigenvalue weighted by Crippen LogP contribution is 2.28. The molecule has 0 bridgehead atoms. The molecule has 1 aliphatic heterocycles. The zero-order chi connectivity index (χ0) is 18.5. The molecule has 0 saturated carbocycles. The maximum absolute atomic E-state index is 13.3. The summed E-state index contributed by atoms with van der Waals surface area (Å²) in [6, 6.07) is 5.46. The topological polar surface area (TPSA) is 63.9 Å². The highest BCUT2D eigenvalue weighted by Gasteiger charge is 2.33. The molecule has 3 rings (SSSR count). The standard InChI is InChI=1S/C20H23N5O/c1-4-7-16-11-15(3)12-17(8-5-2)25(16)20(26)18-9-6-10-19(23-18)24-13-21-22-14-24/h4-6,9-11,13-14,16-17H,1-2,7-8,12H2,3H3/t16-,17-/m1/s1. The molecule has 0 saturated heterocycles. The number of aromatic nitrogens is 4. The van der Waals surface area contributed by atoms with E-state index in [2.05, 4.69) is 41.3 Å². The molecule has 0 aromatic carbocycles. The maximum atomic E-state index is 13.3. The first kappa shape index (κ1) is 17.8. The highest BCUT2D eigenvalue weighted by atomic mass is 16.2. The van der Waals surface area contributed by atoms with Gasteiger partial charge in [-0.05, 0) is 38.3 Å². The molecule has 0 spiro atoms. The minimum absolute atomic E-state index is 0.0148. The van der Waals surface area contributed by atoms with Crippen molar-refractivity contribution in [2.45, 2.75) is 38.3 Å². The van der Waals surface area contributed by atoms with E-state index in [0.717, 1.165) is 12.8 Å². The van der Waals surface area contributed by atoms with Crippen LogP contribution in [-0.4, -0.2) is 42.6 Å². The lowest BCUT2D eigenvalue weighted by molar-refractivity contribution is 0.0595. The van der Waals surface area contributed by atoms with Gasteiger partial charge < -0.3 is 4.90 Å². The van der Waals surface area contributed by atoms with Gasteiger partial charge in [0, 0.05) is 6.04 Å². The van der Waals surface area contributed by atoms with Gasteiger partial charge in [-0.3, -0.25) is 9.36 Å². The van der Waals surface area contributed by atoms with Crippen molar-refractivity contribution in [1.82, 2.24) is 24.6 Å². The van der Waals surface area contributed by atoms with Crippen molar-refractivity contribution in [3.05, 3.63) is 73.5 Å². The molecule has 0 fully saturated rings. The Morgan fingerprint density at radius 3 is 2.65 bits per heavy atom. The Hall–Kier alpha value is -3.02. The molecular formula is C20H23N5O. The number of hydrogen-bond donors (Lipinski definition) is 0. The van der Waals surface area contributed by atoms with Crippen molar-refractivity contribution in [3.63, 3.8) is 0 Å². The molecule has 2 atom stereocenters. The Morgan fingerprint density at radius 1 is 1.23 bits per heavy atom. The summed E-state index contributed by atoms with van der Waals surface area (Å²) in [4.78, 5) is 19.8. The predicted molar refractivity (Wildman–Crippen MR) is 101 cm³/mol. The van der Waals surface area contributed by atoms with Crippen molar-refractivity contribution in [2.75, 3.05) is 0 Å². The molecule has 26 heavy (non-hydrogen) atoms. The van der Waals surface area contributed by atoms with Crippen LogP contribution in [0.4, 0.5) is 0 Å². The third-order valence-electron chi connectivity index (χ3n) is 4.50. The number of pyridine rings is 1. The lowest BCUT2D eigenvalue weighted by Crippen LogP contribution is -2.49. The number of carbonyl (C=O) groups is 1. The lowest BCUT2D eigenvalue weighted by Gasteiger charge is -2.40. The molecular weight excluding hydrogens is 326 g/mol. The van der Waals surface area contributed by atoms with Crippen LogP contribution in [0.25, 0.3) is 5.82 Å². The molecule has 3 heterocycles. The van der Waals surface area contributed by atoms with Crippen LogP contribution in [-0.2, 0) is 0 Å². The van der Waals surface area contributed by atoms with E-state index in [1.165, 1.54) is 5.57 Å². The lowest BCUT2D eigenvalue weighted by atomic mass is 9.92. The summed E-state index contributed by atoms with van der Waals surface area (Å²) in [5.74, 6) is 0.535. The molecule has 0 N–H and O–H groups in total. The van der Waals surface area contributed by atoms with Gasteiger partial charge in [0.25, 0.3) is 5.91 Å². The van der Waals surface area contributed by atoms with E-state index < -0.39 is 0 Å². The van der Waals surface area contributed by atoms with E-state index in [1.807, 2.05) is 29.2 Å². The second kappa shape index (κ2) is 7.91. The fourth-order valence-corrected chi connectivity index (χ4v) is 3.41. The van der Waals surface area contributed by atoms with Gasteiger partial charge in [-0.2, -0.15) is 0 Å². The van der Waals surface area contributed by atoms with Crippen LogP contribution < -0.4 is 0 Å². The fourth-order valence-electron chi connectivity index (χ4n) is 3.41. The second-order valence-corrected chi connectivity index (χ2v) is 6.45. The number of rotatable bonds is 6. The van der Waals surface area contributed by atoms with Gasteiger partial charge in [0.1, 0.15) is 24.2 Å². The molecule has 0 radical (unpaired) electrons. The SMILES string of the molecule is C=CC[C@@H]1CC(C)=C[C@@H](CC=C)N1C(=O)c1cccc(-n2cnnc2)n1. The summed E-state index contributed by atoms with van der Waals surface area (Å²) in [7, 11) is 0. The number of carbonyl (C=O) groups excluding carboxylic acids is 1. The van der Waals surface area contributed by atoms with Crippen molar-refractivity contribution in [2.24, 2.45) is 0 Å². The minimum atomic E-state index is -0.0811. The Morgan fingerprint density at radius 2 is 1.96 bits per heavy atom. The Bertz CT molecular complexity index is 824. The Balaban J connectivity index is 1.96. The van der Waals surface area contributed by atoms with Gasteiger partial charge in [-0.15, -0.1) is 23.4 Å². The average molecular weight is 349 g/mol. The molecule has 2 aromatic rings. The van der Waals surface area contributed by atoms with Crippen molar-refractivity contribution in [3.8, 4) is 5.82 Å². The average Bonchev–Trinajstić information content (AvgIpc) is 3.16. The zero-order valence-electron chi connectivity index (χ0n) is 15.0. The molecule has 6 heteroatoms. The van der Waals surface area contributed by atoms with Gasteiger partial charge >= 0.3 is 0 Å². The number of nitrogens with zero attached hydrogens (tertiary/aromatic N) is 5. The summed E-state index contributed by atoms with van der Waals surface area (Å²) >= 11 is 0. The van der Waals surface area contributed by atoms with Crippen LogP contribution in [0.5, 0.6) is 0 Å². The van der Waals surface area contributed by atoms with E-state index in [0.29, 0.717) is 17.9 Å². The number of amides is 1. The van der Waals surface area contributed by atoms with Crippen LogP contribution >= 0.6 is 0 Å². The maximum Gasteiger partial charge on any atom is 0.273 e. The van der Waals surface area contributed by atoms with Gasteiger partial charge in [0.05, 0.1) is 6.04 Å². The predicted octanol–water partition coefficient (Wildman–Crippen LogP) is 3.34. The summed E-state index contributed by atoms with van der Waals surface area (Å²) in [5.41, 5.74) is 1.70. The fraction of sp³-hybridized carbons (Fsp3) is 0.300. The van der Waals surface area contributed by atoms with Crippen molar-refractivity contribution in [1.29, 1.82) is 0 Å². The van der Waals surface area contributed by atoms with E-state index in [-0.39, 0.29) is 18.0 Å². The largest absolute Gasteiger partial charge is 0.327 e. The van der Waals surface area contributed by atoms with E-state index in [4.69, 9.17) is 0 Å². The first-order valence-corrected chi connectivity index (χ1v) is 8.68. The Kier molecular flexibility index (Phi) is 5.41. The quantitative estimate of drug-likeness (QED) is 0.750. The molecule has 1 amide bonds. The molecule has 0 aliphatic carbocycles. The van der Waals surface area contributed by atoms with Crippen LogP contribution in [0.3, 0.4) is 0 Å². The molecule has 134 valence electrons. The van der Waals surface area contributed by atoms with E-state index in [1.54, 1.807) is 23.3 Å². The molecule has 2 aromatic heterocycles. The van der Waals surface area contributed by atoms with Gasteiger partial charge in [-0.25, -0.2) is 4.98 Å². The summed E-state index contributed by atoms with van der Waals surface area (Å²) in [6.07, 6.45) is 11.3. The van der Waals surface area contributed by atoms with Crippen molar-refractivity contribution >= 4 is 5.91 Å². The normalized spacial score (nSPS) is 19.7. The molecule has 1 aliphatic rings. The molecule has 6 nitrogen and oxygen atoms in total. The Labute approximate surface area is 153 Å². The third-order valence-corrected chi connectivity index (χ3v) is 4.50. The monoisotopic (exact) mass is 349 g/mol. The van der Waals surface area contributed by atoms with Crippen LogP contribution in [0.15, 0.2) is 67.8 Å². The first-order valence-electron chi connectivity index (χ1n) is 8.68. The van der Waals surface area contributed by atoms with Gasteiger partial charge in [0.2, 0.25) is 0 Å².